The Balaban J connectivity index is 1.99. The second-order valence-electron chi connectivity index (χ2n) is 4.78. The Morgan fingerprint density at radius 2 is 2.32 bits per heavy atom. The van der Waals surface area contributed by atoms with Crippen LogP contribution in [0.25, 0.3) is 0 Å². The van der Waals surface area contributed by atoms with Crippen LogP contribution in [0.5, 0.6) is 0 Å². The van der Waals surface area contributed by atoms with Crippen molar-refractivity contribution in [3.8, 4) is 0 Å². The zero-order valence-corrected chi connectivity index (χ0v) is 12.1. The minimum atomic E-state index is -0.746. The molecule has 1 aliphatic rings. The van der Waals surface area contributed by atoms with Crippen LogP contribution in [0.1, 0.15) is 32.4 Å². The van der Waals surface area contributed by atoms with Crippen LogP contribution in [0, 0.1) is 5.82 Å². The predicted octanol–water partition coefficient (Wildman–Crippen LogP) is 2.24. The van der Waals surface area contributed by atoms with Crippen molar-refractivity contribution in [3.63, 3.8) is 0 Å². The van der Waals surface area contributed by atoms with Gasteiger partial charge in [-0.15, -0.1) is 0 Å². The van der Waals surface area contributed by atoms with Gasteiger partial charge in [0.15, 0.2) is 11.6 Å². The molecule has 6 heteroatoms. The maximum Gasteiger partial charge on any atom is 0.186 e. The summed E-state index contributed by atoms with van der Waals surface area (Å²) in [5.41, 5.74) is -0.345. The third kappa shape index (κ3) is 3.00. The monoisotopic (exact) mass is 285 g/mol. The van der Waals surface area contributed by atoms with Crippen LogP contribution in [0.3, 0.4) is 0 Å². The van der Waals surface area contributed by atoms with Crippen molar-refractivity contribution in [2.24, 2.45) is 0 Å². The summed E-state index contributed by atoms with van der Waals surface area (Å²) in [5, 5.41) is 13.6. The number of aliphatic hydroxyl groups is 1. The molecule has 0 radical (unpaired) electrons. The van der Waals surface area contributed by atoms with Crippen molar-refractivity contribution >= 4 is 17.6 Å². The van der Waals surface area contributed by atoms with E-state index in [0.29, 0.717) is 18.7 Å². The number of hydrogen-bond donors (Lipinski definition) is 2. The van der Waals surface area contributed by atoms with Gasteiger partial charge in [-0.05, 0) is 25.0 Å². The smallest absolute Gasteiger partial charge is 0.186 e. The van der Waals surface area contributed by atoms with Crippen LogP contribution in [0.15, 0.2) is 6.33 Å². The molecule has 0 amide bonds. The molecule has 1 aromatic rings. The van der Waals surface area contributed by atoms with Crippen LogP contribution in [0.4, 0.5) is 10.2 Å². The van der Waals surface area contributed by atoms with Gasteiger partial charge in [0.25, 0.3) is 0 Å². The lowest BCUT2D eigenvalue weighted by atomic mass is 9.79. The second kappa shape index (κ2) is 6.05. The maximum atomic E-state index is 13.9. The molecule has 4 nitrogen and oxygen atoms in total. The Morgan fingerprint density at radius 3 is 2.89 bits per heavy atom. The highest BCUT2D eigenvalue weighted by Crippen LogP contribution is 2.41. The molecule has 2 N–H and O–H groups in total. The van der Waals surface area contributed by atoms with Crippen molar-refractivity contribution in [3.05, 3.63) is 17.8 Å². The molecule has 0 aliphatic heterocycles. The Hall–Kier alpha value is -0.880. The van der Waals surface area contributed by atoms with Gasteiger partial charge in [-0.25, -0.2) is 14.4 Å². The molecule has 2 rings (SSSR count). The second-order valence-corrected chi connectivity index (χ2v) is 6.26. The van der Waals surface area contributed by atoms with E-state index in [0.717, 1.165) is 18.6 Å². The number of rotatable bonds is 6. The summed E-state index contributed by atoms with van der Waals surface area (Å²) >= 11 is 1.76. The van der Waals surface area contributed by atoms with Crippen molar-refractivity contribution in [1.82, 2.24) is 9.97 Å². The van der Waals surface area contributed by atoms with Crippen molar-refractivity contribution in [2.75, 3.05) is 17.6 Å². The lowest BCUT2D eigenvalue weighted by molar-refractivity contribution is -0.0121. The third-order valence-electron chi connectivity index (χ3n) is 3.57. The Kier molecular flexibility index (Phi) is 4.62. The van der Waals surface area contributed by atoms with Gasteiger partial charge in [0.1, 0.15) is 6.33 Å². The summed E-state index contributed by atoms with van der Waals surface area (Å²) in [7, 11) is 0. The predicted molar refractivity (Wildman–Crippen MR) is 76.0 cm³/mol. The molecule has 2 atom stereocenters. The minimum Gasteiger partial charge on any atom is -0.387 e. The molecular formula is C13H20FN3OS. The van der Waals surface area contributed by atoms with Crippen molar-refractivity contribution < 1.29 is 9.50 Å². The standard InChI is InChI=1S/C13H20FN3OS/c1-3-9-11(14)12(17-8-16-9)15-7-13(18)6-5-10(13)19-4-2/h8,10,18H,3-7H2,1-2H3,(H,15,16,17)/t10-,13+/m0/s1. The summed E-state index contributed by atoms with van der Waals surface area (Å²) in [5.74, 6) is 0.759. The van der Waals surface area contributed by atoms with Gasteiger partial charge in [0, 0.05) is 11.8 Å². The molecule has 1 saturated carbocycles. The van der Waals surface area contributed by atoms with Crippen LogP contribution in [0.2, 0.25) is 0 Å². The average Bonchev–Trinajstić information content (AvgIpc) is 2.42. The number of anilines is 1. The lowest BCUT2D eigenvalue weighted by Gasteiger charge is -2.45. The summed E-state index contributed by atoms with van der Waals surface area (Å²) < 4.78 is 13.9. The van der Waals surface area contributed by atoms with Crippen LogP contribution < -0.4 is 5.32 Å². The molecule has 0 saturated heterocycles. The first-order chi connectivity index (χ1) is 9.10. The third-order valence-corrected chi connectivity index (χ3v) is 4.98. The van der Waals surface area contributed by atoms with E-state index < -0.39 is 11.4 Å². The molecule has 1 fully saturated rings. The summed E-state index contributed by atoms with van der Waals surface area (Å²) in [6, 6.07) is 0. The largest absolute Gasteiger partial charge is 0.387 e. The molecule has 106 valence electrons. The molecule has 0 spiro atoms. The van der Waals surface area contributed by atoms with E-state index in [2.05, 4.69) is 22.2 Å². The van der Waals surface area contributed by atoms with E-state index >= 15 is 0 Å². The van der Waals surface area contributed by atoms with E-state index in [9.17, 15) is 9.50 Å². The maximum absolute atomic E-state index is 13.9. The molecule has 0 bridgehead atoms. The van der Waals surface area contributed by atoms with Crippen LogP contribution >= 0.6 is 11.8 Å². The molecule has 0 aromatic carbocycles. The first-order valence-electron chi connectivity index (χ1n) is 6.68. The molecule has 1 heterocycles. The number of aryl methyl sites for hydroxylation is 1. The van der Waals surface area contributed by atoms with E-state index in [4.69, 9.17) is 0 Å². The first-order valence-corrected chi connectivity index (χ1v) is 7.72. The number of thioether (sulfide) groups is 1. The Morgan fingerprint density at radius 1 is 1.53 bits per heavy atom. The van der Waals surface area contributed by atoms with E-state index in [1.807, 2.05) is 6.92 Å². The highest BCUT2D eigenvalue weighted by molar-refractivity contribution is 8.00. The topological polar surface area (TPSA) is 58.0 Å². The molecule has 0 unspecified atom stereocenters. The van der Waals surface area contributed by atoms with E-state index in [-0.39, 0.29) is 11.1 Å². The average molecular weight is 285 g/mol. The molecule has 19 heavy (non-hydrogen) atoms. The van der Waals surface area contributed by atoms with Gasteiger partial charge in [-0.2, -0.15) is 11.8 Å². The lowest BCUT2D eigenvalue weighted by Crippen LogP contribution is -2.54. The Labute approximate surface area is 117 Å². The summed E-state index contributed by atoms with van der Waals surface area (Å²) in [6.45, 7) is 4.26. The van der Waals surface area contributed by atoms with Crippen LogP contribution in [-0.2, 0) is 6.42 Å². The van der Waals surface area contributed by atoms with Gasteiger partial charge in [-0.1, -0.05) is 13.8 Å². The molecule has 1 aromatic heterocycles. The van der Waals surface area contributed by atoms with Crippen LogP contribution in [-0.4, -0.2) is 38.2 Å². The SMILES string of the molecule is CCS[C@H]1CC[C@@]1(O)CNc1ncnc(CC)c1F. The molecular weight excluding hydrogens is 265 g/mol. The fourth-order valence-corrected chi connectivity index (χ4v) is 3.45. The minimum absolute atomic E-state index is 0.187. The number of nitrogens with zero attached hydrogens (tertiary/aromatic N) is 2. The van der Waals surface area contributed by atoms with Crippen molar-refractivity contribution in [1.29, 1.82) is 0 Å². The molecule has 1 aliphatic carbocycles. The summed E-state index contributed by atoms with van der Waals surface area (Å²) in [6.07, 6.45) is 3.66. The van der Waals surface area contributed by atoms with Gasteiger partial charge < -0.3 is 10.4 Å². The van der Waals surface area contributed by atoms with Crippen molar-refractivity contribution in [2.45, 2.75) is 44.0 Å². The highest BCUT2D eigenvalue weighted by Gasteiger charge is 2.45. The first kappa shape index (κ1) is 14.5. The van der Waals surface area contributed by atoms with E-state index in [1.165, 1.54) is 6.33 Å². The normalized spacial score (nSPS) is 26.0. The number of halogens is 1. The zero-order chi connectivity index (χ0) is 13.9. The quantitative estimate of drug-likeness (QED) is 0.839. The van der Waals surface area contributed by atoms with Gasteiger partial charge >= 0.3 is 0 Å². The van der Waals surface area contributed by atoms with Gasteiger partial charge in [0.05, 0.1) is 11.3 Å². The van der Waals surface area contributed by atoms with Gasteiger partial charge in [-0.3, -0.25) is 0 Å². The Bertz CT molecular complexity index is 446. The fourth-order valence-electron chi connectivity index (χ4n) is 2.25. The number of hydrogen-bond acceptors (Lipinski definition) is 5. The summed E-state index contributed by atoms with van der Waals surface area (Å²) in [4.78, 5) is 7.79. The fraction of sp³-hybridized carbons (Fsp3) is 0.692. The van der Waals surface area contributed by atoms with Gasteiger partial charge in [0.2, 0.25) is 0 Å². The number of aromatic nitrogens is 2. The highest BCUT2D eigenvalue weighted by atomic mass is 32.2. The van der Waals surface area contributed by atoms with E-state index in [1.54, 1.807) is 11.8 Å². The zero-order valence-electron chi connectivity index (χ0n) is 11.3. The number of nitrogens with one attached hydrogen (secondary N) is 1.